The molecule has 0 radical (unpaired) electrons. The molecule has 0 bridgehead atoms. The molecule has 0 aromatic heterocycles. The smallest absolute Gasteiger partial charge is 0.0349 e. The summed E-state index contributed by atoms with van der Waals surface area (Å²) in [5, 5.41) is 0. The summed E-state index contributed by atoms with van der Waals surface area (Å²) in [6, 6.07) is 8.36. The van der Waals surface area contributed by atoms with E-state index < -0.39 is 0 Å². The van der Waals surface area contributed by atoms with Gasteiger partial charge in [0.15, 0.2) is 0 Å². The summed E-state index contributed by atoms with van der Waals surface area (Å²) in [7, 11) is 0. The maximum atomic E-state index is 6.05. The number of nitrogens with two attached hydrogens (primary N) is 1. The molecule has 0 spiro atoms. The van der Waals surface area contributed by atoms with Crippen LogP contribution >= 0.6 is 0 Å². The molecule has 1 aliphatic carbocycles. The first-order valence-electron chi connectivity index (χ1n) is 6.03. The molecular formula is C14H21N. The zero-order valence-corrected chi connectivity index (χ0v) is 9.74. The van der Waals surface area contributed by atoms with E-state index in [2.05, 4.69) is 26.0 Å². The molecule has 1 heteroatoms. The number of para-hydroxylation sites is 1. The number of hydrogen-bond acceptors (Lipinski definition) is 1. The number of hydrogen-bond donors (Lipinski definition) is 1. The normalized spacial score (nSPS) is 31.5. The van der Waals surface area contributed by atoms with E-state index in [9.17, 15) is 0 Å². The van der Waals surface area contributed by atoms with Gasteiger partial charge in [-0.2, -0.15) is 0 Å². The first kappa shape index (κ1) is 10.5. The monoisotopic (exact) mass is 203 g/mol. The topological polar surface area (TPSA) is 26.0 Å². The Morgan fingerprint density at radius 2 is 1.87 bits per heavy atom. The van der Waals surface area contributed by atoms with Crippen LogP contribution in [0.3, 0.4) is 0 Å². The van der Waals surface area contributed by atoms with Crippen molar-refractivity contribution in [1.82, 2.24) is 0 Å². The molecule has 0 unspecified atom stereocenters. The summed E-state index contributed by atoms with van der Waals surface area (Å²) in [4.78, 5) is 0. The second kappa shape index (κ2) is 4.26. The Morgan fingerprint density at radius 3 is 2.53 bits per heavy atom. The van der Waals surface area contributed by atoms with Crippen molar-refractivity contribution in [2.75, 3.05) is 5.73 Å². The Hall–Kier alpha value is -0.980. The Labute approximate surface area is 92.7 Å². The SMILES string of the molecule is C[C@@H]1CC[C@H](c2ccccc2N)[C@H](C)C1. The average Bonchev–Trinajstić information content (AvgIpc) is 2.20. The highest BCUT2D eigenvalue weighted by Crippen LogP contribution is 2.41. The van der Waals surface area contributed by atoms with E-state index in [0.717, 1.165) is 17.5 Å². The highest BCUT2D eigenvalue weighted by molar-refractivity contribution is 5.48. The van der Waals surface area contributed by atoms with E-state index >= 15 is 0 Å². The molecule has 1 nitrogen and oxygen atoms in total. The van der Waals surface area contributed by atoms with Gasteiger partial charge in [-0.05, 0) is 42.2 Å². The molecule has 15 heavy (non-hydrogen) atoms. The van der Waals surface area contributed by atoms with E-state index in [0.29, 0.717) is 5.92 Å². The van der Waals surface area contributed by atoms with Crippen LogP contribution in [0.5, 0.6) is 0 Å². The molecule has 1 aromatic carbocycles. The molecular weight excluding hydrogens is 182 g/mol. The van der Waals surface area contributed by atoms with E-state index in [1.165, 1.54) is 24.8 Å². The fourth-order valence-electron chi connectivity index (χ4n) is 2.98. The van der Waals surface area contributed by atoms with Crippen LogP contribution in [0.1, 0.15) is 44.6 Å². The molecule has 1 aliphatic rings. The van der Waals surface area contributed by atoms with Crippen LogP contribution < -0.4 is 5.73 Å². The molecule has 1 saturated carbocycles. The predicted molar refractivity (Wildman–Crippen MR) is 65.8 cm³/mol. The van der Waals surface area contributed by atoms with Gasteiger partial charge in [-0.1, -0.05) is 38.5 Å². The van der Waals surface area contributed by atoms with Gasteiger partial charge >= 0.3 is 0 Å². The molecule has 0 saturated heterocycles. The van der Waals surface area contributed by atoms with E-state index in [1.54, 1.807) is 0 Å². The van der Waals surface area contributed by atoms with Crippen LogP contribution in [0.15, 0.2) is 24.3 Å². The van der Waals surface area contributed by atoms with Crippen LogP contribution in [0.2, 0.25) is 0 Å². The minimum absolute atomic E-state index is 0.683. The number of anilines is 1. The van der Waals surface area contributed by atoms with Crippen molar-refractivity contribution in [2.45, 2.75) is 39.0 Å². The highest BCUT2D eigenvalue weighted by atomic mass is 14.6. The lowest BCUT2D eigenvalue weighted by Crippen LogP contribution is -2.20. The van der Waals surface area contributed by atoms with Gasteiger partial charge in [0, 0.05) is 5.69 Å². The highest BCUT2D eigenvalue weighted by Gasteiger charge is 2.27. The van der Waals surface area contributed by atoms with Crippen molar-refractivity contribution in [3.63, 3.8) is 0 Å². The zero-order chi connectivity index (χ0) is 10.8. The van der Waals surface area contributed by atoms with Crippen LogP contribution in [-0.2, 0) is 0 Å². The van der Waals surface area contributed by atoms with Gasteiger partial charge in [-0.15, -0.1) is 0 Å². The minimum Gasteiger partial charge on any atom is -0.398 e. The van der Waals surface area contributed by atoms with Crippen molar-refractivity contribution in [2.24, 2.45) is 11.8 Å². The molecule has 0 heterocycles. The minimum atomic E-state index is 0.683. The van der Waals surface area contributed by atoms with Crippen LogP contribution in [0.4, 0.5) is 5.69 Å². The molecule has 1 fully saturated rings. The molecule has 1 aromatic rings. The first-order valence-corrected chi connectivity index (χ1v) is 6.03. The number of benzene rings is 1. The molecule has 2 rings (SSSR count). The third-order valence-electron chi connectivity index (χ3n) is 3.83. The maximum Gasteiger partial charge on any atom is 0.0349 e. The lowest BCUT2D eigenvalue weighted by molar-refractivity contribution is 0.262. The molecule has 3 atom stereocenters. The first-order chi connectivity index (χ1) is 7.18. The molecule has 0 amide bonds. The summed E-state index contributed by atoms with van der Waals surface area (Å²) in [6.07, 6.45) is 4.00. The second-order valence-electron chi connectivity index (χ2n) is 5.13. The maximum absolute atomic E-state index is 6.05. The summed E-state index contributed by atoms with van der Waals surface area (Å²) < 4.78 is 0. The van der Waals surface area contributed by atoms with Gasteiger partial charge in [-0.3, -0.25) is 0 Å². The van der Waals surface area contributed by atoms with Crippen molar-refractivity contribution >= 4 is 5.69 Å². The fraction of sp³-hybridized carbons (Fsp3) is 0.571. The van der Waals surface area contributed by atoms with Gasteiger partial charge in [0.25, 0.3) is 0 Å². The number of nitrogen functional groups attached to an aromatic ring is 1. The Morgan fingerprint density at radius 1 is 1.13 bits per heavy atom. The summed E-state index contributed by atoms with van der Waals surface area (Å²) in [5.41, 5.74) is 8.40. The van der Waals surface area contributed by atoms with Crippen molar-refractivity contribution in [3.05, 3.63) is 29.8 Å². The van der Waals surface area contributed by atoms with Crippen molar-refractivity contribution in [3.8, 4) is 0 Å². The quantitative estimate of drug-likeness (QED) is 0.690. The molecule has 0 aliphatic heterocycles. The third kappa shape index (κ3) is 2.17. The molecule has 2 N–H and O–H groups in total. The Bertz CT molecular complexity index is 332. The van der Waals surface area contributed by atoms with Crippen molar-refractivity contribution in [1.29, 1.82) is 0 Å². The van der Waals surface area contributed by atoms with Gasteiger partial charge in [0.2, 0.25) is 0 Å². The van der Waals surface area contributed by atoms with Crippen molar-refractivity contribution < 1.29 is 0 Å². The average molecular weight is 203 g/mol. The van der Waals surface area contributed by atoms with Gasteiger partial charge < -0.3 is 5.73 Å². The van der Waals surface area contributed by atoms with Gasteiger partial charge in [0.1, 0.15) is 0 Å². The summed E-state index contributed by atoms with van der Waals surface area (Å²) in [5.74, 6) is 2.35. The van der Waals surface area contributed by atoms with Crippen LogP contribution in [0.25, 0.3) is 0 Å². The summed E-state index contributed by atoms with van der Waals surface area (Å²) >= 11 is 0. The zero-order valence-electron chi connectivity index (χ0n) is 9.74. The number of rotatable bonds is 1. The van der Waals surface area contributed by atoms with E-state index in [4.69, 9.17) is 5.73 Å². The fourth-order valence-corrected chi connectivity index (χ4v) is 2.98. The molecule has 82 valence electrons. The second-order valence-corrected chi connectivity index (χ2v) is 5.13. The lowest BCUT2D eigenvalue weighted by atomic mass is 9.72. The van der Waals surface area contributed by atoms with E-state index in [1.807, 2.05) is 12.1 Å². The van der Waals surface area contributed by atoms with Gasteiger partial charge in [-0.25, -0.2) is 0 Å². The Balaban J connectivity index is 2.20. The lowest BCUT2D eigenvalue weighted by Gasteiger charge is -2.33. The Kier molecular flexibility index (Phi) is 2.99. The van der Waals surface area contributed by atoms with Crippen LogP contribution in [0, 0.1) is 11.8 Å². The third-order valence-corrected chi connectivity index (χ3v) is 3.83. The predicted octanol–water partition coefficient (Wildman–Crippen LogP) is 3.81. The van der Waals surface area contributed by atoms with Crippen LogP contribution in [-0.4, -0.2) is 0 Å². The summed E-state index contributed by atoms with van der Waals surface area (Å²) in [6.45, 7) is 4.73. The standard InChI is InChI=1S/C14H21N/c1-10-7-8-12(11(2)9-10)13-5-3-4-6-14(13)15/h3-6,10-12H,7-9,15H2,1-2H3/t10-,11-,12+/m1/s1. The largest absolute Gasteiger partial charge is 0.398 e. The van der Waals surface area contributed by atoms with E-state index in [-0.39, 0.29) is 0 Å². The van der Waals surface area contributed by atoms with Gasteiger partial charge in [0.05, 0.1) is 0 Å².